The van der Waals surface area contributed by atoms with Gasteiger partial charge >= 0.3 is 11.9 Å². The summed E-state index contributed by atoms with van der Waals surface area (Å²) >= 11 is 1.51. The Labute approximate surface area is 151 Å². The van der Waals surface area contributed by atoms with E-state index in [9.17, 15) is 9.59 Å². The van der Waals surface area contributed by atoms with E-state index >= 15 is 0 Å². The average Bonchev–Trinajstić information content (AvgIpc) is 2.97. The number of carbonyl (C=O) groups excluding carboxylic acids is 2. The molecule has 25 heavy (non-hydrogen) atoms. The van der Waals surface area contributed by atoms with Gasteiger partial charge in [-0.25, -0.2) is 14.3 Å². The maximum absolute atomic E-state index is 12.4. The molecule has 0 atom stereocenters. The molecule has 0 amide bonds. The molecule has 0 spiro atoms. The number of esters is 2. The SMILES string of the molecule is CCSc1c(C(=O)OC(C)(C)C)cnn1-c1ccc(C(=O)OC)cc1. The maximum atomic E-state index is 12.4. The van der Waals surface area contributed by atoms with Crippen LogP contribution in [-0.2, 0) is 9.47 Å². The van der Waals surface area contributed by atoms with Crippen LogP contribution < -0.4 is 0 Å². The highest BCUT2D eigenvalue weighted by Gasteiger charge is 2.24. The molecule has 2 rings (SSSR count). The Bertz CT molecular complexity index is 760. The number of nitrogens with zero attached hydrogens (tertiary/aromatic N) is 2. The van der Waals surface area contributed by atoms with Crippen LogP contribution in [0.25, 0.3) is 5.69 Å². The molecule has 7 heteroatoms. The molecular weight excluding hydrogens is 340 g/mol. The van der Waals surface area contributed by atoms with E-state index in [4.69, 9.17) is 9.47 Å². The van der Waals surface area contributed by atoms with Crippen molar-refractivity contribution < 1.29 is 19.1 Å². The molecule has 0 aliphatic heterocycles. The lowest BCUT2D eigenvalue weighted by atomic mass is 10.2. The van der Waals surface area contributed by atoms with Crippen LogP contribution in [0.1, 0.15) is 48.4 Å². The van der Waals surface area contributed by atoms with E-state index in [1.807, 2.05) is 27.7 Å². The predicted molar refractivity (Wildman–Crippen MR) is 96.5 cm³/mol. The lowest BCUT2D eigenvalue weighted by molar-refractivity contribution is 0.00652. The summed E-state index contributed by atoms with van der Waals surface area (Å²) in [6.45, 7) is 7.48. The number of hydrogen-bond donors (Lipinski definition) is 0. The van der Waals surface area contributed by atoms with Gasteiger partial charge in [0.05, 0.1) is 24.6 Å². The quantitative estimate of drug-likeness (QED) is 0.596. The Morgan fingerprint density at radius 3 is 2.32 bits per heavy atom. The molecule has 0 fully saturated rings. The molecule has 1 heterocycles. The molecule has 0 unspecified atom stereocenters. The van der Waals surface area contributed by atoms with Crippen molar-refractivity contribution in [3.63, 3.8) is 0 Å². The second kappa shape index (κ2) is 7.74. The first kappa shape index (κ1) is 19.1. The summed E-state index contributed by atoms with van der Waals surface area (Å²) < 4.78 is 11.8. The van der Waals surface area contributed by atoms with Gasteiger partial charge in [-0.05, 0) is 50.8 Å². The van der Waals surface area contributed by atoms with Crippen molar-refractivity contribution in [1.29, 1.82) is 0 Å². The zero-order chi connectivity index (χ0) is 18.6. The third-order valence-corrected chi connectivity index (χ3v) is 4.11. The van der Waals surface area contributed by atoms with Gasteiger partial charge in [-0.3, -0.25) is 0 Å². The molecule has 6 nitrogen and oxygen atoms in total. The third kappa shape index (κ3) is 4.63. The van der Waals surface area contributed by atoms with Crippen LogP contribution in [0.3, 0.4) is 0 Å². The number of ether oxygens (including phenoxy) is 2. The van der Waals surface area contributed by atoms with E-state index in [2.05, 4.69) is 5.10 Å². The molecule has 1 aromatic heterocycles. The fraction of sp³-hybridized carbons (Fsp3) is 0.389. The highest BCUT2D eigenvalue weighted by molar-refractivity contribution is 7.99. The summed E-state index contributed by atoms with van der Waals surface area (Å²) in [6, 6.07) is 6.85. The minimum Gasteiger partial charge on any atom is -0.465 e. The zero-order valence-corrected chi connectivity index (χ0v) is 15.8. The number of benzene rings is 1. The highest BCUT2D eigenvalue weighted by atomic mass is 32.2. The zero-order valence-electron chi connectivity index (χ0n) is 15.0. The van der Waals surface area contributed by atoms with Crippen molar-refractivity contribution in [2.24, 2.45) is 0 Å². The standard InChI is InChI=1S/C18H22N2O4S/c1-6-25-15-14(17(22)24-18(2,3)4)11-19-20(15)13-9-7-12(8-10-13)16(21)23-5/h7-11H,6H2,1-5H3. The minimum absolute atomic E-state index is 0.399. The first-order valence-electron chi connectivity index (χ1n) is 7.89. The molecule has 0 aliphatic carbocycles. The van der Waals surface area contributed by atoms with Crippen LogP contribution >= 0.6 is 11.8 Å². The molecule has 134 valence electrons. The lowest BCUT2D eigenvalue weighted by Gasteiger charge is -2.19. The monoisotopic (exact) mass is 362 g/mol. The van der Waals surface area contributed by atoms with Gasteiger partial charge < -0.3 is 9.47 Å². The summed E-state index contributed by atoms with van der Waals surface area (Å²) in [4.78, 5) is 24.0. The van der Waals surface area contributed by atoms with Crippen LogP contribution in [-0.4, -0.2) is 40.2 Å². The molecule has 0 aliphatic rings. The Hall–Kier alpha value is -2.28. The molecule has 0 bridgehead atoms. The average molecular weight is 362 g/mol. The van der Waals surface area contributed by atoms with E-state index in [1.165, 1.54) is 25.1 Å². The smallest absolute Gasteiger partial charge is 0.343 e. The van der Waals surface area contributed by atoms with Crippen molar-refractivity contribution in [1.82, 2.24) is 9.78 Å². The second-order valence-corrected chi connectivity index (χ2v) is 7.50. The summed E-state index contributed by atoms with van der Waals surface area (Å²) in [5.74, 6) is -0.0210. The van der Waals surface area contributed by atoms with Crippen LogP contribution in [0.15, 0.2) is 35.5 Å². The fourth-order valence-electron chi connectivity index (χ4n) is 2.13. The van der Waals surface area contributed by atoms with Gasteiger partial charge in [-0.1, -0.05) is 6.92 Å². The summed E-state index contributed by atoms with van der Waals surface area (Å²) in [7, 11) is 1.34. The Morgan fingerprint density at radius 1 is 1.16 bits per heavy atom. The van der Waals surface area contributed by atoms with Gasteiger partial charge in [0.25, 0.3) is 0 Å². The number of carbonyl (C=O) groups is 2. The minimum atomic E-state index is -0.574. The molecule has 2 aromatic rings. The number of hydrogen-bond acceptors (Lipinski definition) is 6. The Kier molecular flexibility index (Phi) is 5.89. The van der Waals surface area contributed by atoms with E-state index < -0.39 is 17.5 Å². The van der Waals surface area contributed by atoms with Crippen molar-refractivity contribution in [2.75, 3.05) is 12.9 Å². The topological polar surface area (TPSA) is 70.4 Å². The lowest BCUT2D eigenvalue weighted by Crippen LogP contribution is -2.24. The normalized spacial score (nSPS) is 11.2. The first-order chi connectivity index (χ1) is 11.8. The van der Waals surface area contributed by atoms with Gasteiger partial charge in [0.2, 0.25) is 0 Å². The number of thioether (sulfide) groups is 1. The van der Waals surface area contributed by atoms with Crippen molar-refractivity contribution in [3.05, 3.63) is 41.6 Å². The van der Waals surface area contributed by atoms with E-state index in [-0.39, 0.29) is 0 Å². The summed E-state index contributed by atoms with van der Waals surface area (Å²) in [5, 5.41) is 5.04. The predicted octanol–water partition coefficient (Wildman–Crippen LogP) is 3.73. The van der Waals surface area contributed by atoms with Gasteiger partial charge in [0, 0.05) is 0 Å². The van der Waals surface area contributed by atoms with E-state index in [1.54, 1.807) is 28.9 Å². The molecule has 0 N–H and O–H groups in total. The summed E-state index contributed by atoms with van der Waals surface area (Å²) in [6.07, 6.45) is 1.51. The van der Waals surface area contributed by atoms with E-state index in [0.29, 0.717) is 16.2 Å². The maximum Gasteiger partial charge on any atom is 0.343 e. The fourth-order valence-corrected chi connectivity index (χ4v) is 2.97. The van der Waals surface area contributed by atoms with Crippen molar-refractivity contribution in [3.8, 4) is 5.69 Å². The van der Waals surface area contributed by atoms with Gasteiger partial charge in [-0.15, -0.1) is 11.8 Å². The van der Waals surface area contributed by atoms with Crippen LogP contribution in [0.4, 0.5) is 0 Å². The van der Waals surface area contributed by atoms with Crippen molar-refractivity contribution >= 4 is 23.7 Å². The molecule has 0 saturated carbocycles. The second-order valence-electron chi connectivity index (χ2n) is 6.25. The Morgan fingerprint density at radius 2 is 1.80 bits per heavy atom. The van der Waals surface area contributed by atoms with Gasteiger partial charge in [0.15, 0.2) is 0 Å². The molecule has 0 saturated heterocycles. The van der Waals surface area contributed by atoms with E-state index in [0.717, 1.165) is 11.4 Å². The number of methoxy groups -OCH3 is 1. The number of aromatic nitrogens is 2. The first-order valence-corrected chi connectivity index (χ1v) is 8.88. The largest absolute Gasteiger partial charge is 0.465 e. The Balaban J connectivity index is 2.38. The van der Waals surface area contributed by atoms with Gasteiger partial charge in [-0.2, -0.15) is 5.10 Å². The van der Waals surface area contributed by atoms with Crippen molar-refractivity contribution in [2.45, 2.75) is 38.3 Å². The molecular formula is C18H22N2O4S. The number of rotatable bonds is 5. The van der Waals surface area contributed by atoms with Crippen LogP contribution in [0.5, 0.6) is 0 Å². The molecule has 0 radical (unpaired) electrons. The third-order valence-electron chi connectivity index (χ3n) is 3.16. The van der Waals surface area contributed by atoms with Crippen LogP contribution in [0.2, 0.25) is 0 Å². The van der Waals surface area contributed by atoms with Gasteiger partial charge in [0.1, 0.15) is 16.2 Å². The highest BCUT2D eigenvalue weighted by Crippen LogP contribution is 2.27. The summed E-state index contributed by atoms with van der Waals surface area (Å²) in [5.41, 5.74) is 1.06. The molecule has 1 aromatic carbocycles. The van der Waals surface area contributed by atoms with Crippen LogP contribution in [0, 0.1) is 0 Å².